The Bertz CT molecular complexity index is 682. The van der Waals surface area contributed by atoms with E-state index in [1.807, 2.05) is 12.1 Å². The van der Waals surface area contributed by atoms with Gasteiger partial charge in [-0.1, -0.05) is 23.7 Å². The number of nitrogens with one attached hydrogen (secondary N) is 1. The van der Waals surface area contributed by atoms with Gasteiger partial charge in [0, 0.05) is 29.4 Å². The van der Waals surface area contributed by atoms with Crippen LogP contribution in [0.2, 0.25) is 5.02 Å². The van der Waals surface area contributed by atoms with Gasteiger partial charge < -0.3 is 14.8 Å². The maximum absolute atomic E-state index is 11.3. The topological polar surface area (TPSA) is 60.5 Å². The lowest BCUT2D eigenvalue weighted by atomic mass is 9.97. The molecular formula is C16H15ClN2O3. The first kappa shape index (κ1) is 15.0. The van der Waals surface area contributed by atoms with Crippen molar-refractivity contribution in [1.82, 2.24) is 4.98 Å². The van der Waals surface area contributed by atoms with Crippen LogP contribution in [0.15, 0.2) is 36.5 Å². The van der Waals surface area contributed by atoms with Crippen molar-refractivity contribution in [3.8, 4) is 0 Å². The summed E-state index contributed by atoms with van der Waals surface area (Å²) < 4.78 is 11.8. The van der Waals surface area contributed by atoms with E-state index in [1.54, 1.807) is 31.4 Å². The Morgan fingerprint density at radius 2 is 1.91 bits per heavy atom. The third-order valence-corrected chi connectivity index (χ3v) is 3.83. The lowest BCUT2D eigenvalue weighted by Gasteiger charge is -2.28. The molecule has 1 saturated heterocycles. The average Bonchev–Trinajstić information content (AvgIpc) is 3.05. The highest BCUT2D eigenvalue weighted by atomic mass is 35.5. The number of aldehydes is 1. The Labute approximate surface area is 133 Å². The molecule has 0 amide bonds. The van der Waals surface area contributed by atoms with E-state index in [0.29, 0.717) is 35.2 Å². The Morgan fingerprint density at radius 1 is 1.23 bits per heavy atom. The zero-order valence-corrected chi connectivity index (χ0v) is 12.8. The highest BCUT2D eigenvalue weighted by molar-refractivity contribution is 6.30. The zero-order chi connectivity index (χ0) is 15.6. The van der Waals surface area contributed by atoms with Crippen LogP contribution >= 0.6 is 11.6 Å². The van der Waals surface area contributed by atoms with Crippen LogP contribution in [-0.4, -0.2) is 31.5 Å². The molecule has 1 aromatic carbocycles. The van der Waals surface area contributed by atoms with Crippen molar-refractivity contribution in [3.63, 3.8) is 0 Å². The molecule has 2 aromatic rings. The summed E-state index contributed by atoms with van der Waals surface area (Å²) in [5, 5.41) is 3.52. The third kappa shape index (κ3) is 2.47. The van der Waals surface area contributed by atoms with Gasteiger partial charge >= 0.3 is 0 Å². The molecule has 6 heteroatoms. The number of hydrogen-bond donors (Lipinski definition) is 1. The molecule has 1 fully saturated rings. The Kier molecular flexibility index (Phi) is 4.11. The number of hydrogen-bond acceptors (Lipinski definition) is 5. The number of pyridine rings is 1. The van der Waals surface area contributed by atoms with E-state index in [9.17, 15) is 4.79 Å². The third-order valence-electron chi connectivity index (χ3n) is 3.58. The smallest absolute Gasteiger partial charge is 0.224 e. The van der Waals surface area contributed by atoms with E-state index in [0.717, 1.165) is 11.8 Å². The largest absolute Gasteiger partial charge is 0.373 e. The predicted octanol–water partition coefficient (Wildman–Crippen LogP) is 2.84. The molecule has 0 unspecified atom stereocenters. The van der Waals surface area contributed by atoms with Gasteiger partial charge in [0.15, 0.2) is 6.29 Å². The van der Waals surface area contributed by atoms with E-state index in [-0.39, 0.29) is 0 Å². The molecule has 114 valence electrons. The summed E-state index contributed by atoms with van der Waals surface area (Å²) in [6, 6.07) is 8.98. The molecule has 0 bridgehead atoms. The minimum atomic E-state index is -1.05. The van der Waals surface area contributed by atoms with Gasteiger partial charge in [0.05, 0.1) is 18.8 Å². The van der Waals surface area contributed by atoms with Crippen molar-refractivity contribution < 1.29 is 14.3 Å². The summed E-state index contributed by atoms with van der Waals surface area (Å²) in [6.45, 7) is 0.930. The fraction of sp³-hybridized carbons (Fsp3) is 0.250. The van der Waals surface area contributed by atoms with Crippen molar-refractivity contribution in [1.29, 1.82) is 0 Å². The second-order valence-electron chi connectivity index (χ2n) is 4.85. The molecule has 3 rings (SSSR count). The number of nitrogens with zero attached hydrogens (tertiary/aromatic N) is 1. The van der Waals surface area contributed by atoms with Gasteiger partial charge in [0.1, 0.15) is 5.82 Å². The first-order valence-corrected chi connectivity index (χ1v) is 7.25. The summed E-state index contributed by atoms with van der Waals surface area (Å²) in [5.41, 5.74) is 1.94. The van der Waals surface area contributed by atoms with Gasteiger partial charge in [-0.2, -0.15) is 0 Å². The van der Waals surface area contributed by atoms with Crippen LogP contribution in [0, 0.1) is 0 Å². The van der Waals surface area contributed by atoms with Gasteiger partial charge in [-0.25, -0.2) is 4.98 Å². The zero-order valence-electron chi connectivity index (χ0n) is 12.0. The van der Waals surface area contributed by atoms with Gasteiger partial charge in [-0.3, -0.25) is 4.79 Å². The number of rotatable bonds is 4. The summed E-state index contributed by atoms with van der Waals surface area (Å²) in [5.74, 6) is -0.537. The Morgan fingerprint density at radius 3 is 2.50 bits per heavy atom. The maximum Gasteiger partial charge on any atom is 0.224 e. The van der Waals surface area contributed by atoms with Crippen LogP contribution in [0.4, 0.5) is 5.82 Å². The van der Waals surface area contributed by atoms with Crippen molar-refractivity contribution in [2.24, 2.45) is 0 Å². The molecule has 1 N–H and O–H groups in total. The standard InChI is InChI=1S/C16H15ClN2O3/c1-18-15-11(10-20)8-13(9-19-15)16(21-6-7-22-16)12-2-4-14(17)5-3-12/h2-5,8-10H,6-7H2,1H3,(H,18,19). The summed E-state index contributed by atoms with van der Waals surface area (Å²) in [6.07, 6.45) is 2.41. The number of anilines is 1. The number of carbonyl (C=O) groups excluding carboxylic acids is 1. The van der Waals surface area contributed by atoms with E-state index < -0.39 is 5.79 Å². The molecule has 1 aliphatic rings. The number of aromatic nitrogens is 1. The van der Waals surface area contributed by atoms with E-state index in [1.165, 1.54) is 0 Å². The predicted molar refractivity (Wildman–Crippen MR) is 83.3 cm³/mol. The van der Waals surface area contributed by atoms with Crippen molar-refractivity contribution >= 4 is 23.7 Å². The fourth-order valence-electron chi connectivity index (χ4n) is 2.54. The van der Waals surface area contributed by atoms with Crippen molar-refractivity contribution in [2.75, 3.05) is 25.6 Å². The summed E-state index contributed by atoms with van der Waals surface area (Å²) in [4.78, 5) is 15.5. The fourth-order valence-corrected chi connectivity index (χ4v) is 2.67. The number of carbonyl (C=O) groups is 1. The quantitative estimate of drug-likeness (QED) is 0.878. The molecule has 0 radical (unpaired) electrons. The van der Waals surface area contributed by atoms with Crippen LogP contribution < -0.4 is 5.32 Å². The summed E-state index contributed by atoms with van der Waals surface area (Å²) in [7, 11) is 1.71. The van der Waals surface area contributed by atoms with Crippen LogP contribution in [0.3, 0.4) is 0 Å². The first-order valence-electron chi connectivity index (χ1n) is 6.87. The van der Waals surface area contributed by atoms with Crippen LogP contribution in [-0.2, 0) is 15.3 Å². The minimum absolute atomic E-state index is 0.451. The molecule has 0 spiro atoms. The van der Waals surface area contributed by atoms with E-state index >= 15 is 0 Å². The molecule has 0 saturated carbocycles. The van der Waals surface area contributed by atoms with E-state index in [4.69, 9.17) is 21.1 Å². The second-order valence-corrected chi connectivity index (χ2v) is 5.29. The normalized spacial score (nSPS) is 16.5. The average molecular weight is 319 g/mol. The number of halogens is 1. The first-order chi connectivity index (χ1) is 10.7. The van der Waals surface area contributed by atoms with Crippen LogP contribution in [0.25, 0.3) is 0 Å². The lowest BCUT2D eigenvalue weighted by Crippen LogP contribution is -2.29. The molecule has 22 heavy (non-hydrogen) atoms. The minimum Gasteiger partial charge on any atom is -0.373 e. The highest BCUT2D eigenvalue weighted by Gasteiger charge is 2.41. The van der Waals surface area contributed by atoms with E-state index in [2.05, 4.69) is 10.3 Å². The Balaban J connectivity index is 2.12. The van der Waals surface area contributed by atoms with Gasteiger partial charge in [-0.15, -0.1) is 0 Å². The molecule has 0 aliphatic carbocycles. The highest BCUT2D eigenvalue weighted by Crippen LogP contribution is 2.39. The number of ether oxygens (including phenoxy) is 2. The molecule has 1 aromatic heterocycles. The molecular weight excluding hydrogens is 304 g/mol. The molecule has 2 heterocycles. The monoisotopic (exact) mass is 318 g/mol. The van der Waals surface area contributed by atoms with Crippen LogP contribution in [0.1, 0.15) is 21.5 Å². The number of benzene rings is 1. The van der Waals surface area contributed by atoms with Crippen molar-refractivity contribution in [2.45, 2.75) is 5.79 Å². The lowest BCUT2D eigenvalue weighted by molar-refractivity contribution is -0.130. The SMILES string of the molecule is CNc1ncc(C2(c3ccc(Cl)cc3)OCCO2)cc1C=O. The van der Waals surface area contributed by atoms with Gasteiger partial charge in [0.2, 0.25) is 5.79 Å². The molecule has 1 aliphatic heterocycles. The summed E-state index contributed by atoms with van der Waals surface area (Å²) >= 11 is 5.95. The second kappa shape index (κ2) is 6.04. The molecule has 5 nitrogen and oxygen atoms in total. The van der Waals surface area contributed by atoms with Gasteiger partial charge in [-0.05, 0) is 18.2 Å². The van der Waals surface area contributed by atoms with Crippen LogP contribution in [0.5, 0.6) is 0 Å². The molecule has 0 atom stereocenters. The Hall–Kier alpha value is -1.95. The van der Waals surface area contributed by atoms with Gasteiger partial charge in [0.25, 0.3) is 0 Å². The van der Waals surface area contributed by atoms with Crippen molar-refractivity contribution in [3.05, 3.63) is 58.2 Å². The maximum atomic E-state index is 11.3.